The first kappa shape index (κ1) is 28.4. The normalized spacial score (nSPS) is 13.9. The van der Waals surface area contributed by atoms with E-state index < -0.39 is 11.7 Å². The maximum absolute atomic E-state index is 14.2. The van der Waals surface area contributed by atoms with Crippen molar-refractivity contribution >= 4 is 39.8 Å². The van der Waals surface area contributed by atoms with E-state index in [0.29, 0.717) is 29.8 Å². The molecule has 1 unspecified atom stereocenters. The van der Waals surface area contributed by atoms with Crippen LogP contribution in [0.2, 0.25) is 5.02 Å². The Balaban J connectivity index is 1.40. The lowest BCUT2D eigenvalue weighted by Gasteiger charge is -2.29. The molecule has 4 aromatic heterocycles. The van der Waals surface area contributed by atoms with Crippen molar-refractivity contribution < 1.29 is 17.9 Å². The maximum Gasteiger partial charge on any atom is 0.418 e. The summed E-state index contributed by atoms with van der Waals surface area (Å²) < 4.78 is 48.6. The molecule has 5 aromatic rings. The zero-order chi connectivity index (χ0) is 30.3. The van der Waals surface area contributed by atoms with E-state index >= 15 is 0 Å². The second-order valence-corrected chi connectivity index (χ2v) is 10.6. The fraction of sp³-hybridized carbons (Fsp3) is 0.233. The predicted octanol–water partition coefficient (Wildman–Crippen LogP) is 6.62. The highest BCUT2D eigenvalue weighted by atomic mass is 35.5. The number of aromatic nitrogens is 5. The molecule has 0 bridgehead atoms. The molecule has 0 aliphatic carbocycles. The average molecular weight is 607 g/mol. The summed E-state index contributed by atoms with van der Waals surface area (Å²) in [5, 5.41) is 3.85. The number of anilines is 3. The lowest BCUT2D eigenvalue weighted by atomic mass is 9.99. The molecule has 13 heteroatoms. The molecule has 1 aliphatic rings. The molecule has 3 N–H and O–H groups in total. The summed E-state index contributed by atoms with van der Waals surface area (Å²) >= 11 is 6.81. The van der Waals surface area contributed by atoms with Crippen LogP contribution in [0, 0.1) is 6.92 Å². The average Bonchev–Trinajstić information content (AvgIpc) is 3.18. The van der Waals surface area contributed by atoms with E-state index in [4.69, 9.17) is 22.1 Å². The molecule has 0 saturated carbocycles. The maximum atomic E-state index is 14.2. The summed E-state index contributed by atoms with van der Waals surface area (Å²) in [6.07, 6.45) is 3.74. The van der Waals surface area contributed by atoms with Gasteiger partial charge < -0.3 is 20.7 Å². The number of pyridine rings is 3. The molecule has 0 radical (unpaired) electrons. The number of hydrogen-bond donors (Lipinski definition) is 2. The fourth-order valence-electron chi connectivity index (χ4n) is 5.32. The molecule has 1 atom stereocenters. The largest absolute Gasteiger partial charge is 0.489 e. The van der Waals surface area contributed by atoms with Gasteiger partial charge in [0.15, 0.2) is 5.75 Å². The van der Waals surface area contributed by atoms with Gasteiger partial charge in [-0.15, -0.1) is 0 Å². The number of alkyl halides is 3. The topological polar surface area (TPSA) is 115 Å². The Hall–Kier alpha value is -4.71. The molecule has 220 valence electrons. The number of nitrogen functional groups attached to an aromatic ring is 1. The minimum absolute atomic E-state index is 0.0228. The smallest absolute Gasteiger partial charge is 0.418 e. The van der Waals surface area contributed by atoms with Crippen LogP contribution < -0.4 is 20.7 Å². The van der Waals surface area contributed by atoms with Crippen LogP contribution in [0.3, 0.4) is 0 Å². The Morgan fingerprint density at radius 2 is 1.98 bits per heavy atom. The Kier molecular flexibility index (Phi) is 7.38. The monoisotopic (exact) mass is 606 g/mol. The van der Waals surface area contributed by atoms with E-state index in [1.54, 1.807) is 24.8 Å². The van der Waals surface area contributed by atoms with Crippen LogP contribution >= 0.6 is 11.6 Å². The molecule has 0 spiro atoms. The van der Waals surface area contributed by atoms with E-state index in [1.807, 2.05) is 30.0 Å². The number of benzene rings is 1. The molecule has 1 aromatic carbocycles. The van der Waals surface area contributed by atoms with Crippen molar-refractivity contribution in [2.24, 2.45) is 0 Å². The number of halogens is 4. The lowest BCUT2D eigenvalue weighted by molar-refractivity contribution is -0.137. The third-order valence-electron chi connectivity index (χ3n) is 7.35. The van der Waals surface area contributed by atoms with Gasteiger partial charge in [0.05, 0.1) is 45.5 Å². The standard InChI is InChI=1S/C30H26ClF3N8O/c1-16-8-23(35)41-27(25(16)30(32,33)34)21-10-22-24-28(26(21)31)43-7-6-42(29(24)40-15-39-22)17(2)19-9-20(14-37-13-19)38-12-18-4-3-5-36-11-18/h3-5,8-11,13-15,17,38H,6-7,12H2,1-2H3,(H2,35,41). The number of nitrogens with two attached hydrogens (primary N) is 1. The van der Waals surface area contributed by atoms with Gasteiger partial charge in [0.2, 0.25) is 0 Å². The van der Waals surface area contributed by atoms with E-state index in [2.05, 4.69) is 30.2 Å². The molecule has 0 saturated heterocycles. The first-order valence-electron chi connectivity index (χ1n) is 13.4. The van der Waals surface area contributed by atoms with Crippen LogP contribution in [0.4, 0.5) is 30.5 Å². The Bertz CT molecular complexity index is 1820. The molecule has 5 heterocycles. The number of aryl methyl sites for hydroxylation is 1. The summed E-state index contributed by atoms with van der Waals surface area (Å²) in [5.74, 6) is 0.678. The van der Waals surface area contributed by atoms with Crippen molar-refractivity contribution in [1.82, 2.24) is 24.9 Å². The van der Waals surface area contributed by atoms with Gasteiger partial charge in [0.1, 0.15) is 24.6 Å². The zero-order valence-electron chi connectivity index (χ0n) is 23.2. The van der Waals surface area contributed by atoms with Gasteiger partial charge in [-0.3, -0.25) is 9.97 Å². The second-order valence-electron chi connectivity index (χ2n) is 10.2. The van der Waals surface area contributed by atoms with E-state index in [-0.39, 0.29) is 46.1 Å². The van der Waals surface area contributed by atoms with E-state index in [9.17, 15) is 13.2 Å². The predicted molar refractivity (Wildman–Crippen MR) is 159 cm³/mol. The first-order valence-corrected chi connectivity index (χ1v) is 13.8. The Morgan fingerprint density at radius 1 is 1.14 bits per heavy atom. The van der Waals surface area contributed by atoms with Crippen molar-refractivity contribution in [1.29, 1.82) is 0 Å². The van der Waals surface area contributed by atoms with Crippen molar-refractivity contribution in [3.05, 3.63) is 88.7 Å². The summed E-state index contributed by atoms with van der Waals surface area (Å²) in [4.78, 5) is 23.6. The molecule has 0 fully saturated rings. The number of nitrogens with zero attached hydrogens (tertiary/aromatic N) is 6. The molecule has 1 aliphatic heterocycles. The van der Waals surface area contributed by atoms with E-state index in [0.717, 1.165) is 16.8 Å². The highest BCUT2D eigenvalue weighted by Crippen LogP contribution is 2.48. The molecule has 43 heavy (non-hydrogen) atoms. The summed E-state index contributed by atoms with van der Waals surface area (Å²) in [6, 6.07) is 8.34. The Labute approximate surface area is 249 Å². The van der Waals surface area contributed by atoms with Gasteiger partial charge in [-0.1, -0.05) is 17.7 Å². The second kappa shape index (κ2) is 11.2. The number of nitrogens with one attached hydrogen (secondary N) is 1. The van der Waals surface area contributed by atoms with Crippen LogP contribution in [-0.2, 0) is 12.7 Å². The third kappa shape index (κ3) is 5.45. The number of rotatable bonds is 6. The number of ether oxygens (including phenoxy) is 1. The third-order valence-corrected chi connectivity index (χ3v) is 7.73. The summed E-state index contributed by atoms with van der Waals surface area (Å²) in [6.45, 7) is 4.56. The van der Waals surface area contributed by atoms with Crippen molar-refractivity contribution in [3.63, 3.8) is 0 Å². The minimum Gasteiger partial charge on any atom is -0.489 e. The van der Waals surface area contributed by atoms with Crippen LogP contribution in [0.25, 0.3) is 22.2 Å². The summed E-state index contributed by atoms with van der Waals surface area (Å²) in [5.41, 5.74) is 7.68. The lowest BCUT2D eigenvalue weighted by Crippen LogP contribution is -2.31. The summed E-state index contributed by atoms with van der Waals surface area (Å²) in [7, 11) is 0. The van der Waals surface area contributed by atoms with Gasteiger partial charge in [0.25, 0.3) is 0 Å². The van der Waals surface area contributed by atoms with Gasteiger partial charge >= 0.3 is 6.18 Å². The van der Waals surface area contributed by atoms with E-state index in [1.165, 1.54) is 25.4 Å². The molecular formula is C30H26ClF3N8O. The van der Waals surface area contributed by atoms with Gasteiger partial charge in [-0.05, 0) is 54.8 Å². The van der Waals surface area contributed by atoms with Crippen molar-refractivity contribution in [2.45, 2.75) is 32.6 Å². The zero-order valence-corrected chi connectivity index (χ0v) is 23.9. The molecule has 6 rings (SSSR count). The van der Waals surface area contributed by atoms with Gasteiger partial charge in [-0.25, -0.2) is 15.0 Å². The van der Waals surface area contributed by atoms with Crippen molar-refractivity contribution in [2.75, 3.05) is 29.1 Å². The fourth-order valence-corrected chi connectivity index (χ4v) is 5.62. The minimum atomic E-state index is -4.69. The highest BCUT2D eigenvalue weighted by molar-refractivity contribution is 6.36. The molecular weight excluding hydrogens is 581 g/mol. The Morgan fingerprint density at radius 3 is 2.74 bits per heavy atom. The van der Waals surface area contributed by atoms with Crippen LogP contribution in [-0.4, -0.2) is 38.1 Å². The van der Waals surface area contributed by atoms with Gasteiger partial charge in [0, 0.05) is 36.9 Å². The van der Waals surface area contributed by atoms with Crippen LogP contribution in [0.5, 0.6) is 5.75 Å². The molecule has 9 nitrogen and oxygen atoms in total. The SMILES string of the molecule is Cc1cc(N)nc(-c2cc3ncnc4c3c(c2Cl)OCCN4C(C)c2cncc(NCc3cccnc3)c2)c1C(F)(F)F. The highest BCUT2D eigenvalue weighted by Gasteiger charge is 2.38. The van der Waals surface area contributed by atoms with Gasteiger partial charge in [-0.2, -0.15) is 13.2 Å². The number of hydrogen-bond acceptors (Lipinski definition) is 9. The van der Waals surface area contributed by atoms with Crippen LogP contribution in [0.1, 0.15) is 35.2 Å². The molecule has 0 amide bonds. The van der Waals surface area contributed by atoms with Crippen LogP contribution in [0.15, 0.2) is 61.4 Å². The first-order chi connectivity index (χ1) is 20.6. The quantitative estimate of drug-likeness (QED) is 0.220. The van der Waals surface area contributed by atoms with Crippen molar-refractivity contribution in [3.8, 4) is 17.0 Å².